The van der Waals surface area contributed by atoms with E-state index >= 15 is 0 Å². The number of fused-ring (bicyclic) bond motifs is 2. The molecule has 5 rings (SSSR count). The number of anilines is 1. The van der Waals surface area contributed by atoms with E-state index in [1.807, 2.05) is 83.4 Å². The molecule has 0 bridgehead atoms. The molecule has 3 aromatic carbocycles. The van der Waals surface area contributed by atoms with E-state index in [9.17, 15) is 4.79 Å². The second-order valence-corrected chi connectivity index (χ2v) is 6.48. The number of nitrogens with zero attached hydrogens (tertiary/aromatic N) is 3. The van der Waals surface area contributed by atoms with Crippen LogP contribution in [0.4, 0.5) is 5.69 Å². The lowest BCUT2D eigenvalue weighted by Gasteiger charge is -2.09. The number of amides is 1. The minimum absolute atomic E-state index is 0.154. The molecule has 5 aromatic rings. The number of imidazole rings is 1. The Labute approximate surface area is 161 Å². The summed E-state index contributed by atoms with van der Waals surface area (Å²) in [5, 5.41) is 3.90. The second-order valence-electron chi connectivity index (χ2n) is 6.48. The smallest absolute Gasteiger partial charge is 0.255 e. The van der Waals surface area contributed by atoms with Gasteiger partial charge in [-0.25, -0.2) is 4.98 Å². The van der Waals surface area contributed by atoms with Crippen LogP contribution in [0.1, 0.15) is 10.4 Å². The van der Waals surface area contributed by atoms with Gasteiger partial charge in [-0.05, 0) is 60.7 Å². The lowest BCUT2D eigenvalue weighted by atomic mass is 10.1. The van der Waals surface area contributed by atoms with E-state index < -0.39 is 0 Å². The van der Waals surface area contributed by atoms with Crippen LogP contribution in [0.3, 0.4) is 0 Å². The van der Waals surface area contributed by atoms with Crippen LogP contribution in [0.25, 0.3) is 27.6 Å². The lowest BCUT2D eigenvalue weighted by molar-refractivity contribution is 0.102. The second kappa shape index (κ2) is 6.63. The highest BCUT2D eigenvalue weighted by atomic mass is 16.1. The molecule has 0 atom stereocenters. The van der Waals surface area contributed by atoms with Gasteiger partial charge in [0, 0.05) is 22.8 Å². The van der Waals surface area contributed by atoms with Crippen molar-refractivity contribution in [2.75, 3.05) is 5.32 Å². The third-order valence-corrected chi connectivity index (χ3v) is 4.76. The Morgan fingerprint density at radius 1 is 0.786 bits per heavy atom. The summed E-state index contributed by atoms with van der Waals surface area (Å²) < 4.78 is 2.01. The molecule has 0 aliphatic carbocycles. The van der Waals surface area contributed by atoms with Crippen LogP contribution in [0.15, 0.2) is 91.4 Å². The monoisotopic (exact) mass is 364 g/mol. The van der Waals surface area contributed by atoms with Crippen molar-refractivity contribution >= 4 is 33.5 Å². The number of carbonyl (C=O) groups excluding carboxylic acids is 1. The van der Waals surface area contributed by atoms with Gasteiger partial charge in [-0.15, -0.1) is 0 Å². The van der Waals surface area contributed by atoms with Crippen molar-refractivity contribution in [3.05, 3.63) is 97.0 Å². The number of carbonyl (C=O) groups is 1. The van der Waals surface area contributed by atoms with Gasteiger partial charge >= 0.3 is 0 Å². The number of aromatic nitrogens is 3. The average Bonchev–Trinajstić information content (AvgIpc) is 3.18. The largest absolute Gasteiger partial charge is 0.321 e. The van der Waals surface area contributed by atoms with E-state index in [-0.39, 0.29) is 5.91 Å². The molecule has 0 fully saturated rings. The summed E-state index contributed by atoms with van der Waals surface area (Å²) in [6.45, 7) is 0. The Balaban J connectivity index is 1.43. The number of hydrogen-bond donors (Lipinski definition) is 1. The molecular weight excluding hydrogens is 348 g/mol. The summed E-state index contributed by atoms with van der Waals surface area (Å²) in [5.74, 6) is -0.154. The molecule has 0 aliphatic heterocycles. The van der Waals surface area contributed by atoms with Gasteiger partial charge in [0.15, 0.2) is 0 Å². The predicted molar refractivity (Wildman–Crippen MR) is 111 cm³/mol. The highest BCUT2D eigenvalue weighted by Crippen LogP contribution is 2.23. The fourth-order valence-electron chi connectivity index (χ4n) is 3.35. The van der Waals surface area contributed by atoms with E-state index in [0.29, 0.717) is 5.56 Å². The molecule has 0 spiro atoms. The normalized spacial score (nSPS) is 11.0. The molecular formula is C23H16N4O. The van der Waals surface area contributed by atoms with Crippen LogP contribution in [0, 0.1) is 0 Å². The fourth-order valence-corrected chi connectivity index (χ4v) is 3.35. The van der Waals surface area contributed by atoms with Gasteiger partial charge < -0.3 is 5.32 Å². The van der Waals surface area contributed by atoms with E-state index in [0.717, 1.165) is 33.3 Å². The molecule has 1 N–H and O–H groups in total. The minimum Gasteiger partial charge on any atom is -0.321 e. The van der Waals surface area contributed by atoms with Crippen LogP contribution in [0.5, 0.6) is 0 Å². The van der Waals surface area contributed by atoms with Crippen molar-refractivity contribution in [3.8, 4) is 5.69 Å². The fraction of sp³-hybridized carbons (Fsp3) is 0. The molecule has 0 aliphatic rings. The predicted octanol–water partition coefficient (Wildman–Crippen LogP) is 4.83. The van der Waals surface area contributed by atoms with Crippen LogP contribution in [0.2, 0.25) is 0 Å². The zero-order chi connectivity index (χ0) is 18.9. The molecule has 0 saturated carbocycles. The summed E-state index contributed by atoms with van der Waals surface area (Å²) in [4.78, 5) is 21.5. The molecule has 2 aromatic heterocycles. The van der Waals surface area contributed by atoms with Crippen molar-refractivity contribution in [1.82, 2.24) is 14.5 Å². The van der Waals surface area contributed by atoms with Gasteiger partial charge in [-0.2, -0.15) is 0 Å². The molecule has 28 heavy (non-hydrogen) atoms. The number of benzene rings is 3. The Bertz CT molecular complexity index is 1300. The van der Waals surface area contributed by atoms with Gasteiger partial charge in [-0.3, -0.25) is 14.3 Å². The summed E-state index contributed by atoms with van der Waals surface area (Å²) in [5.41, 5.74) is 5.12. The first-order valence-electron chi connectivity index (χ1n) is 8.97. The van der Waals surface area contributed by atoms with Crippen molar-refractivity contribution in [3.63, 3.8) is 0 Å². The topological polar surface area (TPSA) is 59.8 Å². The van der Waals surface area contributed by atoms with Gasteiger partial charge in [0.05, 0.1) is 22.2 Å². The lowest BCUT2D eigenvalue weighted by Crippen LogP contribution is -2.12. The van der Waals surface area contributed by atoms with E-state index in [1.54, 1.807) is 12.5 Å². The van der Waals surface area contributed by atoms with Gasteiger partial charge in [0.2, 0.25) is 0 Å². The average molecular weight is 364 g/mol. The Hall–Kier alpha value is -3.99. The summed E-state index contributed by atoms with van der Waals surface area (Å²) >= 11 is 0. The molecule has 0 radical (unpaired) electrons. The Morgan fingerprint density at radius 3 is 2.50 bits per heavy atom. The molecule has 134 valence electrons. The van der Waals surface area contributed by atoms with E-state index in [2.05, 4.69) is 15.3 Å². The third-order valence-electron chi connectivity index (χ3n) is 4.76. The minimum atomic E-state index is -0.154. The first-order valence-corrected chi connectivity index (χ1v) is 8.97. The van der Waals surface area contributed by atoms with Crippen LogP contribution in [-0.4, -0.2) is 20.4 Å². The van der Waals surface area contributed by atoms with Crippen molar-refractivity contribution in [2.45, 2.75) is 0 Å². The Morgan fingerprint density at radius 2 is 1.61 bits per heavy atom. The van der Waals surface area contributed by atoms with Gasteiger partial charge in [0.25, 0.3) is 5.91 Å². The first kappa shape index (κ1) is 16.2. The molecule has 5 nitrogen and oxygen atoms in total. The number of para-hydroxylation sites is 2. The number of hydrogen-bond acceptors (Lipinski definition) is 3. The van der Waals surface area contributed by atoms with Crippen LogP contribution >= 0.6 is 0 Å². The van der Waals surface area contributed by atoms with Crippen LogP contribution in [-0.2, 0) is 0 Å². The zero-order valence-electron chi connectivity index (χ0n) is 14.9. The molecule has 0 unspecified atom stereocenters. The molecule has 1 amide bonds. The first-order chi connectivity index (χ1) is 13.8. The third kappa shape index (κ3) is 2.79. The zero-order valence-corrected chi connectivity index (χ0v) is 14.9. The maximum absolute atomic E-state index is 12.7. The van der Waals surface area contributed by atoms with Crippen molar-refractivity contribution in [1.29, 1.82) is 0 Å². The summed E-state index contributed by atoms with van der Waals surface area (Å²) in [6, 6.07) is 25.0. The number of pyridine rings is 1. The van der Waals surface area contributed by atoms with E-state index in [1.165, 1.54) is 0 Å². The summed E-state index contributed by atoms with van der Waals surface area (Å²) in [6.07, 6.45) is 3.54. The van der Waals surface area contributed by atoms with E-state index in [4.69, 9.17) is 0 Å². The highest BCUT2D eigenvalue weighted by molar-refractivity contribution is 6.08. The molecule has 2 heterocycles. The highest BCUT2D eigenvalue weighted by Gasteiger charge is 2.10. The maximum atomic E-state index is 12.7. The SMILES string of the molecule is O=C(Nc1cccc2ncccc12)c1ccc(-n2cnc3ccccc32)cc1. The number of nitrogens with one attached hydrogen (secondary N) is 1. The molecule has 5 heteroatoms. The number of rotatable bonds is 3. The van der Waals surface area contributed by atoms with Gasteiger partial charge in [-0.1, -0.05) is 18.2 Å². The quantitative estimate of drug-likeness (QED) is 0.499. The van der Waals surface area contributed by atoms with Gasteiger partial charge in [0.1, 0.15) is 6.33 Å². The Kier molecular flexibility index (Phi) is 3.84. The summed E-state index contributed by atoms with van der Waals surface area (Å²) in [7, 11) is 0. The van der Waals surface area contributed by atoms with Crippen LogP contribution < -0.4 is 5.32 Å². The van der Waals surface area contributed by atoms with Crippen molar-refractivity contribution < 1.29 is 4.79 Å². The maximum Gasteiger partial charge on any atom is 0.255 e. The standard InChI is InChI=1S/C23H16N4O/c28-23(26-20-8-3-7-19-18(20)5-4-14-24-19)16-10-12-17(13-11-16)27-15-25-21-6-1-2-9-22(21)27/h1-15H,(H,26,28). The van der Waals surface area contributed by atoms with Crippen molar-refractivity contribution in [2.24, 2.45) is 0 Å². The molecule has 0 saturated heterocycles.